The molecule has 0 radical (unpaired) electrons. The fraction of sp³-hybridized carbons (Fsp3) is 0.524. The largest absolute Gasteiger partial charge is 0.359 e. The average Bonchev–Trinajstić information content (AvgIpc) is 3.32. The van der Waals surface area contributed by atoms with E-state index in [0.29, 0.717) is 18.5 Å². The predicted molar refractivity (Wildman–Crippen MR) is 124 cm³/mol. The number of hydrogen-bond acceptors (Lipinski definition) is 4. The molecular weight excluding hydrogens is 465 g/mol. The van der Waals surface area contributed by atoms with Crippen molar-refractivity contribution in [2.75, 3.05) is 20.1 Å². The Balaban J connectivity index is 0.00000280. The Labute approximate surface area is 185 Å². The van der Waals surface area contributed by atoms with E-state index in [1.165, 1.54) is 18.4 Å². The van der Waals surface area contributed by atoms with Gasteiger partial charge in [-0.05, 0) is 30.9 Å². The molecule has 1 fully saturated rings. The lowest BCUT2D eigenvalue weighted by atomic mass is 10.1. The van der Waals surface area contributed by atoms with Crippen molar-refractivity contribution in [3.05, 3.63) is 53.4 Å². The third kappa shape index (κ3) is 6.48. The van der Waals surface area contributed by atoms with Gasteiger partial charge in [-0.1, -0.05) is 49.3 Å². The van der Waals surface area contributed by atoms with Crippen molar-refractivity contribution >= 4 is 29.9 Å². The Hall–Kier alpha value is -1.61. The van der Waals surface area contributed by atoms with Crippen LogP contribution in [0.5, 0.6) is 0 Å². The number of likely N-dealkylation sites (tertiary alicyclic amines) is 1. The van der Waals surface area contributed by atoms with Crippen LogP contribution in [-0.2, 0) is 13.1 Å². The summed E-state index contributed by atoms with van der Waals surface area (Å²) in [6.07, 6.45) is 2.47. The minimum Gasteiger partial charge on any atom is -0.359 e. The summed E-state index contributed by atoms with van der Waals surface area (Å²) >= 11 is 0. The Morgan fingerprint density at radius 2 is 2.07 bits per heavy atom. The van der Waals surface area contributed by atoms with Gasteiger partial charge < -0.3 is 15.2 Å². The lowest BCUT2D eigenvalue weighted by molar-refractivity contribution is 0.245. The zero-order valence-corrected chi connectivity index (χ0v) is 19.3. The van der Waals surface area contributed by atoms with Gasteiger partial charge in [0.05, 0.1) is 12.2 Å². The molecule has 2 heterocycles. The summed E-state index contributed by atoms with van der Waals surface area (Å²) < 4.78 is 5.38. The van der Waals surface area contributed by atoms with Gasteiger partial charge in [-0.15, -0.1) is 24.0 Å². The second-order valence-corrected chi connectivity index (χ2v) is 7.43. The van der Waals surface area contributed by atoms with Gasteiger partial charge in [0.1, 0.15) is 0 Å². The summed E-state index contributed by atoms with van der Waals surface area (Å²) in [5.41, 5.74) is 2.36. The van der Waals surface area contributed by atoms with Gasteiger partial charge in [-0.25, -0.2) is 0 Å². The number of rotatable bonds is 7. The van der Waals surface area contributed by atoms with Crippen LogP contribution in [0.2, 0.25) is 0 Å². The molecule has 1 aromatic heterocycles. The average molecular weight is 497 g/mol. The monoisotopic (exact) mass is 497 g/mol. The van der Waals surface area contributed by atoms with E-state index in [0.717, 1.165) is 37.0 Å². The lowest BCUT2D eigenvalue weighted by Crippen LogP contribution is -2.44. The number of aromatic nitrogens is 1. The van der Waals surface area contributed by atoms with E-state index in [9.17, 15) is 0 Å². The molecule has 154 valence electrons. The van der Waals surface area contributed by atoms with Crippen LogP contribution in [0.3, 0.4) is 0 Å². The molecule has 1 unspecified atom stereocenters. The summed E-state index contributed by atoms with van der Waals surface area (Å²) in [7, 11) is 1.80. The molecule has 1 aliphatic rings. The summed E-state index contributed by atoms with van der Waals surface area (Å²) in [6.45, 7) is 7.85. The zero-order valence-electron chi connectivity index (χ0n) is 17.0. The molecule has 1 aliphatic heterocycles. The second kappa shape index (κ2) is 11.4. The van der Waals surface area contributed by atoms with Crippen molar-refractivity contribution in [2.24, 2.45) is 4.99 Å². The standard InChI is InChI=1S/C21H31N5O.HI/c1-16(2)20-12-19(27-25-20)14-24-21(22-3)23-13-18-10-7-11-26(18)15-17-8-5-4-6-9-17;/h4-6,8-9,12,16,18H,7,10-11,13-15H2,1-3H3,(H2,22,23,24);1H. The fourth-order valence-corrected chi connectivity index (χ4v) is 3.44. The van der Waals surface area contributed by atoms with Crippen LogP contribution in [-0.4, -0.2) is 42.2 Å². The summed E-state index contributed by atoms with van der Waals surface area (Å²) in [6, 6.07) is 13.2. The highest BCUT2D eigenvalue weighted by atomic mass is 127. The van der Waals surface area contributed by atoms with Crippen molar-refractivity contribution in [2.45, 2.75) is 51.7 Å². The molecule has 1 aromatic carbocycles. The van der Waals surface area contributed by atoms with E-state index in [2.05, 4.69) is 69.9 Å². The quantitative estimate of drug-likeness (QED) is 0.347. The molecule has 1 saturated heterocycles. The van der Waals surface area contributed by atoms with E-state index in [-0.39, 0.29) is 24.0 Å². The van der Waals surface area contributed by atoms with Crippen molar-refractivity contribution in [1.82, 2.24) is 20.7 Å². The van der Waals surface area contributed by atoms with Crippen LogP contribution in [0.15, 0.2) is 45.9 Å². The number of nitrogens with zero attached hydrogens (tertiary/aromatic N) is 3. The maximum Gasteiger partial charge on any atom is 0.191 e. The first kappa shape index (κ1) is 22.7. The van der Waals surface area contributed by atoms with E-state index < -0.39 is 0 Å². The van der Waals surface area contributed by atoms with Gasteiger partial charge in [-0.3, -0.25) is 9.89 Å². The van der Waals surface area contributed by atoms with E-state index >= 15 is 0 Å². The van der Waals surface area contributed by atoms with Crippen molar-refractivity contribution in [1.29, 1.82) is 0 Å². The molecule has 0 spiro atoms. The van der Waals surface area contributed by atoms with E-state index in [1.807, 2.05) is 6.07 Å². The maximum absolute atomic E-state index is 5.38. The second-order valence-electron chi connectivity index (χ2n) is 7.43. The van der Waals surface area contributed by atoms with Crippen molar-refractivity contribution in [3.63, 3.8) is 0 Å². The van der Waals surface area contributed by atoms with Crippen molar-refractivity contribution < 1.29 is 4.52 Å². The molecule has 0 aliphatic carbocycles. The molecule has 0 amide bonds. The smallest absolute Gasteiger partial charge is 0.191 e. The number of hydrogen-bond donors (Lipinski definition) is 2. The SMILES string of the molecule is CN=C(NCc1cc(C(C)C)no1)NCC1CCCN1Cc1ccccc1.I. The molecule has 6 nitrogen and oxygen atoms in total. The highest BCUT2D eigenvalue weighted by Gasteiger charge is 2.24. The van der Waals surface area contributed by atoms with E-state index in [4.69, 9.17) is 4.52 Å². The van der Waals surface area contributed by atoms with Gasteiger partial charge in [0.2, 0.25) is 0 Å². The number of benzene rings is 1. The normalized spacial score (nSPS) is 17.6. The molecule has 1 atom stereocenters. The minimum atomic E-state index is 0. The van der Waals surface area contributed by atoms with Crippen LogP contribution in [0, 0.1) is 0 Å². The highest BCUT2D eigenvalue weighted by molar-refractivity contribution is 14.0. The number of aliphatic imine (C=N–C) groups is 1. The molecule has 3 rings (SSSR count). The summed E-state index contributed by atoms with van der Waals surface area (Å²) in [4.78, 5) is 6.89. The van der Waals surface area contributed by atoms with Crippen LogP contribution in [0.4, 0.5) is 0 Å². The molecular formula is C21H32IN5O. The predicted octanol–water partition coefficient (Wildman–Crippen LogP) is 3.75. The highest BCUT2D eigenvalue weighted by Crippen LogP contribution is 2.19. The first-order chi connectivity index (χ1) is 13.2. The van der Waals surface area contributed by atoms with Gasteiger partial charge in [0.15, 0.2) is 11.7 Å². The van der Waals surface area contributed by atoms with Gasteiger partial charge in [-0.2, -0.15) is 0 Å². The molecule has 0 saturated carbocycles. The third-order valence-electron chi connectivity index (χ3n) is 5.06. The molecule has 7 heteroatoms. The first-order valence-corrected chi connectivity index (χ1v) is 9.83. The topological polar surface area (TPSA) is 65.7 Å². The van der Waals surface area contributed by atoms with Crippen LogP contribution < -0.4 is 10.6 Å². The molecule has 28 heavy (non-hydrogen) atoms. The van der Waals surface area contributed by atoms with Crippen LogP contribution >= 0.6 is 24.0 Å². The van der Waals surface area contributed by atoms with Crippen LogP contribution in [0.1, 0.15) is 49.6 Å². The fourth-order valence-electron chi connectivity index (χ4n) is 3.44. The lowest BCUT2D eigenvalue weighted by Gasteiger charge is -2.25. The van der Waals surface area contributed by atoms with Gasteiger partial charge >= 0.3 is 0 Å². The number of halogens is 1. The summed E-state index contributed by atoms with van der Waals surface area (Å²) in [5.74, 6) is 2.00. The van der Waals surface area contributed by atoms with E-state index in [1.54, 1.807) is 7.05 Å². The number of guanidine groups is 1. The molecule has 2 aromatic rings. The molecule has 0 bridgehead atoms. The Bertz CT molecular complexity index is 731. The Kier molecular flexibility index (Phi) is 9.24. The minimum absolute atomic E-state index is 0. The Morgan fingerprint density at radius 1 is 1.29 bits per heavy atom. The maximum atomic E-state index is 5.38. The first-order valence-electron chi connectivity index (χ1n) is 9.83. The van der Waals surface area contributed by atoms with Gasteiger partial charge in [0.25, 0.3) is 0 Å². The van der Waals surface area contributed by atoms with Gasteiger partial charge in [0, 0.05) is 32.2 Å². The summed E-state index contributed by atoms with van der Waals surface area (Å²) in [5, 5.41) is 10.9. The van der Waals surface area contributed by atoms with Crippen LogP contribution in [0.25, 0.3) is 0 Å². The Morgan fingerprint density at radius 3 is 2.75 bits per heavy atom. The number of nitrogens with one attached hydrogen (secondary N) is 2. The van der Waals surface area contributed by atoms with Crippen molar-refractivity contribution in [3.8, 4) is 0 Å². The molecule has 2 N–H and O–H groups in total. The zero-order chi connectivity index (χ0) is 19.1. The third-order valence-corrected chi connectivity index (χ3v) is 5.06.